The number of benzene rings is 1. The fourth-order valence-electron chi connectivity index (χ4n) is 1.85. The van der Waals surface area contributed by atoms with E-state index in [2.05, 4.69) is 9.46 Å². The summed E-state index contributed by atoms with van der Waals surface area (Å²) in [6.45, 7) is 2.28. The van der Waals surface area contributed by atoms with Crippen molar-refractivity contribution < 1.29 is 17.9 Å². The van der Waals surface area contributed by atoms with Gasteiger partial charge in [0.1, 0.15) is 0 Å². The summed E-state index contributed by atoms with van der Waals surface area (Å²) in [7, 11) is -2.36. The first kappa shape index (κ1) is 17.6. The van der Waals surface area contributed by atoms with Gasteiger partial charge in [-0.3, -0.25) is 0 Å². The summed E-state index contributed by atoms with van der Waals surface area (Å²) >= 11 is 0. The zero-order valence-electron chi connectivity index (χ0n) is 12.3. The first-order valence-corrected chi connectivity index (χ1v) is 8.33. The average Bonchev–Trinajstić information content (AvgIpc) is 2.50. The Morgan fingerprint density at radius 2 is 1.95 bits per heavy atom. The Bertz CT molecular complexity index is 555. The van der Waals surface area contributed by atoms with Crippen LogP contribution < -0.4 is 10.5 Å². The summed E-state index contributed by atoms with van der Waals surface area (Å²) in [5, 5.41) is 0. The molecular weight excluding hydrogens is 292 g/mol. The summed E-state index contributed by atoms with van der Waals surface area (Å²) in [6.07, 6.45) is 2.59. The van der Waals surface area contributed by atoms with Crippen molar-refractivity contribution in [3.8, 4) is 0 Å². The van der Waals surface area contributed by atoms with Crippen molar-refractivity contribution in [1.29, 1.82) is 0 Å². The largest absolute Gasteiger partial charge is 0.465 e. The smallest absolute Gasteiger partial charge is 0.337 e. The molecule has 0 radical (unpaired) electrons. The van der Waals surface area contributed by atoms with Crippen LogP contribution in [0.4, 0.5) is 0 Å². The highest BCUT2D eigenvalue weighted by Crippen LogP contribution is 2.13. The van der Waals surface area contributed by atoms with Gasteiger partial charge in [0.2, 0.25) is 10.0 Å². The van der Waals surface area contributed by atoms with Crippen LogP contribution in [0.3, 0.4) is 0 Å². The highest BCUT2D eigenvalue weighted by Gasteiger charge is 2.19. The number of ether oxygens (including phenoxy) is 1. The molecule has 0 aliphatic heterocycles. The molecule has 1 aromatic rings. The van der Waals surface area contributed by atoms with Crippen LogP contribution >= 0.6 is 0 Å². The number of methoxy groups -OCH3 is 1. The molecule has 21 heavy (non-hydrogen) atoms. The minimum absolute atomic E-state index is 0.102. The fraction of sp³-hybridized carbons (Fsp3) is 0.500. The molecule has 0 amide bonds. The quantitative estimate of drug-likeness (QED) is 0.704. The molecule has 0 saturated carbocycles. The predicted molar refractivity (Wildman–Crippen MR) is 80.5 cm³/mol. The van der Waals surface area contributed by atoms with Crippen LogP contribution in [0, 0.1) is 0 Å². The lowest BCUT2D eigenvalue weighted by atomic mass is 10.1. The summed E-state index contributed by atoms with van der Waals surface area (Å²) in [5.74, 6) is -0.505. The molecular formula is C14H22N2O4S. The minimum Gasteiger partial charge on any atom is -0.465 e. The monoisotopic (exact) mass is 314 g/mol. The molecule has 6 nitrogen and oxygen atoms in total. The standard InChI is InChI=1S/C14H22N2O4S/c1-3-4-5-12(10-15)16-21(18,19)13-8-6-11(7-9-13)14(17)20-2/h6-9,12,16H,3-5,10,15H2,1-2H3. The molecule has 0 bridgehead atoms. The number of carbonyl (C=O) groups is 1. The molecule has 1 unspecified atom stereocenters. The van der Waals surface area contributed by atoms with Crippen molar-refractivity contribution in [3.63, 3.8) is 0 Å². The Kier molecular flexibility index (Phi) is 6.80. The SMILES string of the molecule is CCCCC(CN)NS(=O)(=O)c1ccc(C(=O)OC)cc1. The Labute approximate surface area is 125 Å². The van der Waals surface area contributed by atoms with Gasteiger partial charge < -0.3 is 10.5 Å². The molecule has 3 N–H and O–H groups in total. The van der Waals surface area contributed by atoms with E-state index in [1.54, 1.807) is 0 Å². The number of hydrogen-bond donors (Lipinski definition) is 2. The van der Waals surface area contributed by atoms with Gasteiger partial charge in [-0.2, -0.15) is 0 Å². The van der Waals surface area contributed by atoms with Crippen LogP contribution in [0.5, 0.6) is 0 Å². The summed E-state index contributed by atoms with van der Waals surface area (Å²) in [6, 6.07) is 5.31. The molecule has 1 rings (SSSR count). The summed E-state index contributed by atoms with van der Waals surface area (Å²) < 4.78 is 31.6. The van der Waals surface area contributed by atoms with Crippen molar-refractivity contribution in [1.82, 2.24) is 4.72 Å². The Morgan fingerprint density at radius 3 is 2.43 bits per heavy atom. The number of unbranched alkanes of at least 4 members (excludes halogenated alkanes) is 1. The third-order valence-corrected chi connectivity index (χ3v) is 4.63. The van der Waals surface area contributed by atoms with Gasteiger partial charge in [0.15, 0.2) is 0 Å². The van der Waals surface area contributed by atoms with E-state index < -0.39 is 16.0 Å². The minimum atomic E-state index is -3.63. The molecule has 0 fully saturated rings. The topological polar surface area (TPSA) is 98.5 Å². The highest BCUT2D eigenvalue weighted by molar-refractivity contribution is 7.89. The number of nitrogens with two attached hydrogens (primary N) is 1. The third-order valence-electron chi connectivity index (χ3n) is 3.10. The van der Waals surface area contributed by atoms with Gasteiger partial charge in [-0.1, -0.05) is 19.8 Å². The van der Waals surface area contributed by atoms with E-state index in [1.165, 1.54) is 31.4 Å². The van der Waals surface area contributed by atoms with Crippen LogP contribution in [-0.4, -0.2) is 34.1 Å². The molecule has 118 valence electrons. The summed E-state index contributed by atoms with van der Waals surface area (Å²) in [5.41, 5.74) is 5.90. The van der Waals surface area contributed by atoms with Gasteiger partial charge in [0.25, 0.3) is 0 Å². The Morgan fingerprint density at radius 1 is 1.33 bits per heavy atom. The molecule has 1 aromatic carbocycles. The van der Waals surface area contributed by atoms with E-state index in [1.807, 2.05) is 6.92 Å². The van der Waals surface area contributed by atoms with E-state index in [-0.39, 0.29) is 17.5 Å². The lowest BCUT2D eigenvalue weighted by Crippen LogP contribution is -2.40. The van der Waals surface area contributed by atoms with Crippen LogP contribution in [0.25, 0.3) is 0 Å². The Hall–Kier alpha value is -1.44. The van der Waals surface area contributed by atoms with Gasteiger partial charge in [-0.05, 0) is 30.7 Å². The maximum Gasteiger partial charge on any atom is 0.337 e. The average molecular weight is 314 g/mol. The Balaban J connectivity index is 2.84. The fourth-order valence-corrected chi connectivity index (χ4v) is 3.13. The second kappa shape index (κ2) is 8.11. The maximum atomic E-state index is 12.2. The number of hydrogen-bond acceptors (Lipinski definition) is 5. The van der Waals surface area contributed by atoms with Crippen LogP contribution in [0.1, 0.15) is 36.5 Å². The van der Waals surface area contributed by atoms with E-state index in [0.717, 1.165) is 12.8 Å². The first-order chi connectivity index (χ1) is 9.94. The zero-order valence-corrected chi connectivity index (χ0v) is 13.2. The van der Waals surface area contributed by atoms with Crippen molar-refractivity contribution in [2.24, 2.45) is 5.73 Å². The van der Waals surface area contributed by atoms with Gasteiger partial charge in [0, 0.05) is 12.6 Å². The van der Waals surface area contributed by atoms with Gasteiger partial charge in [-0.25, -0.2) is 17.9 Å². The molecule has 0 aliphatic rings. The summed E-state index contributed by atoms with van der Waals surface area (Å²) in [4.78, 5) is 11.4. The number of rotatable bonds is 8. The molecule has 0 heterocycles. The van der Waals surface area contributed by atoms with Gasteiger partial charge in [-0.15, -0.1) is 0 Å². The molecule has 0 aliphatic carbocycles. The molecule has 0 saturated heterocycles. The lowest BCUT2D eigenvalue weighted by molar-refractivity contribution is 0.0600. The number of esters is 1. The highest BCUT2D eigenvalue weighted by atomic mass is 32.2. The van der Waals surface area contributed by atoms with Crippen molar-refractivity contribution >= 4 is 16.0 Å². The maximum absolute atomic E-state index is 12.2. The van der Waals surface area contributed by atoms with Crippen LogP contribution in [0.2, 0.25) is 0 Å². The second-order valence-electron chi connectivity index (χ2n) is 4.71. The zero-order chi connectivity index (χ0) is 15.9. The van der Waals surface area contributed by atoms with E-state index in [4.69, 9.17) is 5.73 Å². The molecule has 1 atom stereocenters. The van der Waals surface area contributed by atoms with E-state index in [9.17, 15) is 13.2 Å². The number of nitrogens with one attached hydrogen (secondary N) is 1. The molecule has 7 heteroatoms. The number of carbonyl (C=O) groups excluding carboxylic acids is 1. The number of sulfonamides is 1. The van der Waals surface area contributed by atoms with Crippen LogP contribution in [-0.2, 0) is 14.8 Å². The van der Waals surface area contributed by atoms with Gasteiger partial charge >= 0.3 is 5.97 Å². The van der Waals surface area contributed by atoms with Crippen molar-refractivity contribution in [2.75, 3.05) is 13.7 Å². The molecule has 0 aromatic heterocycles. The van der Waals surface area contributed by atoms with Crippen molar-refractivity contribution in [2.45, 2.75) is 37.1 Å². The van der Waals surface area contributed by atoms with E-state index in [0.29, 0.717) is 12.0 Å². The predicted octanol–water partition coefficient (Wildman–Crippen LogP) is 1.27. The molecule has 0 spiro atoms. The van der Waals surface area contributed by atoms with Crippen molar-refractivity contribution in [3.05, 3.63) is 29.8 Å². The van der Waals surface area contributed by atoms with Crippen LogP contribution in [0.15, 0.2) is 29.2 Å². The normalized spacial score (nSPS) is 12.9. The second-order valence-corrected chi connectivity index (χ2v) is 6.43. The van der Waals surface area contributed by atoms with Gasteiger partial charge in [0.05, 0.1) is 17.6 Å². The lowest BCUT2D eigenvalue weighted by Gasteiger charge is -2.16. The first-order valence-electron chi connectivity index (χ1n) is 6.85. The van der Waals surface area contributed by atoms with E-state index >= 15 is 0 Å². The third kappa shape index (κ3) is 5.11.